The van der Waals surface area contributed by atoms with E-state index in [2.05, 4.69) is 31.3 Å². The van der Waals surface area contributed by atoms with Gasteiger partial charge in [-0.3, -0.25) is 0 Å². The number of hydrogen-bond acceptors (Lipinski definition) is 3. The minimum atomic E-state index is -2.92. The van der Waals surface area contributed by atoms with Crippen molar-refractivity contribution in [1.82, 2.24) is 5.32 Å². The van der Waals surface area contributed by atoms with Gasteiger partial charge in [0.1, 0.15) is 9.84 Å². The highest BCUT2D eigenvalue weighted by Gasteiger charge is 2.14. The molecule has 1 rings (SSSR count). The van der Waals surface area contributed by atoms with Crippen molar-refractivity contribution in [2.45, 2.75) is 32.9 Å². The van der Waals surface area contributed by atoms with E-state index in [0.29, 0.717) is 0 Å². The molecule has 3 nitrogen and oxygen atoms in total. The van der Waals surface area contributed by atoms with E-state index < -0.39 is 9.84 Å². The van der Waals surface area contributed by atoms with Gasteiger partial charge in [0.2, 0.25) is 0 Å². The van der Waals surface area contributed by atoms with E-state index in [1.807, 2.05) is 19.1 Å². The third-order valence-corrected chi connectivity index (χ3v) is 3.85. The maximum atomic E-state index is 11.2. The lowest BCUT2D eigenvalue weighted by atomic mass is 10.0. The lowest BCUT2D eigenvalue weighted by Crippen LogP contribution is -2.34. The van der Waals surface area contributed by atoms with E-state index in [1.54, 1.807) is 0 Å². The van der Waals surface area contributed by atoms with E-state index in [0.717, 1.165) is 0 Å². The molecule has 96 valence electrons. The van der Waals surface area contributed by atoms with Gasteiger partial charge in [0.05, 0.1) is 5.75 Å². The van der Waals surface area contributed by atoms with Crippen LogP contribution in [0.25, 0.3) is 0 Å². The average Bonchev–Trinajstić information content (AvgIpc) is 2.14. The highest BCUT2D eigenvalue weighted by Crippen LogP contribution is 2.17. The Balaban J connectivity index is 2.67. The van der Waals surface area contributed by atoms with Gasteiger partial charge in [-0.2, -0.15) is 0 Å². The lowest BCUT2D eigenvalue weighted by Gasteiger charge is -2.21. The van der Waals surface area contributed by atoms with Crippen LogP contribution in [0.1, 0.15) is 31.0 Å². The molecule has 0 spiro atoms. The summed E-state index contributed by atoms with van der Waals surface area (Å²) in [7, 11) is -2.92. The third kappa shape index (κ3) is 4.88. The van der Waals surface area contributed by atoms with Crippen molar-refractivity contribution in [2.75, 3.05) is 12.0 Å². The van der Waals surface area contributed by atoms with Crippen LogP contribution in [0.5, 0.6) is 0 Å². The van der Waals surface area contributed by atoms with Crippen molar-refractivity contribution in [1.29, 1.82) is 0 Å². The van der Waals surface area contributed by atoms with Crippen molar-refractivity contribution < 1.29 is 8.42 Å². The maximum Gasteiger partial charge on any atom is 0.148 e. The van der Waals surface area contributed by atoms with Crippen molar-refractivity contribution in [3.63, 3.8) is 0 Å². The summed E-state index contributed by atoms with van der Waals surface area (Å²) in [4.78, 5) is 0. The number of rotatable bonds is 5. The fraction of sp³-hybridized carbons (Fsp3) is 0.538. The molecule has 0 saturated heterocycles. The van der Waals surface area contributed by atoms with Crippen LogP contribution in [0.2, 0.25) is 0 Å². The molecule has 2 atom stereocenters. The molecular weight excluding hydrogens is 234 g/mol. The summed E-state index contributed by atoms with van der Waals surface area (Å²) in [6.45, 7) is 6.02. The Morgan fingerprint density at radius 1 is 1.24 bits per heavy atom. The third-order valence-electron chi connectivity index (χ3n) is 2.74. The first-order chi connectivity index (χ1) is 7.79. The molecule has 0 aliphatic heterocycles. The second-order valence-electron chi connectivity index (χ2n) is 4.74. The van der Waals surface area contributed by atoms with Gasteiger partial charge < -0.3 is 5.32 Å². The number of aryl methyl sites for hydroxylation is 1. The monoisotopic (exact) mass is 255 g/mol. The normalized spacial score (nSPS) is 15.5. The molecule has 0 aromatic heterocycles. The van der Waals surface area contributed by atoms with Gasteiger partial charge in [-0.15, -0.1) is 0 Å². The molecule has 0 aliphatic carbocycles. The van der Waals surface area contributed by atoms with E-state index in [1.165, 1.54) is 17.4 Å². The zero-order valence-electron chi connectivity index (χ0n) is 10.9. The summed E-state index contributed by atoms with van der Waals surface area (Å²) in [6.07, 6.45) is 1.27. The van der Waals surface area contributed by atoms with Crippen LogP contribution >= 0.6 is 0 Å². The van der Waals surface area contributed by atoms with Crippen LogP contribution in [0.4, 0.5) is 0 Å². The fourth-order valence-corrected chi connectivity index (χ4v) is 3.10. The first-order valence-corrected chi connectivity index (χ1v) is 7.85. The SMILES string of the molecule is Cc1ccccc1C(C)NC(C)CS(C)(=O)=O. The van der Waals surface area contributed by atoms with Crippen LogP contribution < -0.4 is 5.32 Å². The molecule has 0 aliphatic rings. The van der Waals surface area contributed by atoms with Gasteiger partial charge in [0.15, 0.2) is 0 Å². The maximum absolute atomic E-state index is 11.2. The largest absolute Gasteiger partial charge is 0.307 e. The molecular formula is C13H21NO2S. The molecule has 1 N–H and O–H groups in total. The van der Waals surface area contributed by atoms with Gasteiger partial charge in [-0.05, 0) is 31.9 Å². The van der Waals surface area contributed by atoms with Gasteiger partial charge in [-0.25, -0.2) is 8.42 Å². The first kappa shape index (κ1) is 14.2. The highest BCUT2D eigenvalue weighted by atomic mass is 32.2. The number of sulfone groups is 1. The van der Waals surface area contributed by atoms with Gasteiger partial charge in [0, 0.05) is 18.3 Å². The molecule has 2 unspecified atom stereocenters. The topological polar surface area (TPSA) is 46.2 Å². The van der Waals surface area contributed by atoms with E-state index in [4.69, 9.17) is 0 Å². The Morgan fingerprint density at radius 3 is 2.35 bits per heavy atom. The molecule has 17 heavy (non-hydrogen) atoms. The summed E-state index contributed by atoms with van der Waals surface area (Å²) in [5, 5.41) is 3.31. The second kappa shape index (κ2) is 5.65. The Bertz CT molecular complexity index is 468. The van der Waals surface area contributed by atoms with Crippen LogP contribution in [0.15, 0.2) is 24.3 Å². The quantitative estimate of drug-likeness (QED) is 0.876. The number of benzene rings is 1. The summed E-state index contributed by atoms with van der Waals surface area (Å²) in [6, 6.07) is 8.26. The minimum Gasteiger partial charge on any atom is -0.307 e. The number of nitrogens with one attached hydrogen (secondary N) is 1. The summed E-state index contributed by atoms with van der Waals surface area (Å²) in [5.41, 5.74) is 2.44. The second-order valence-corrected chi connectivity index (χ2v) is 6.92. The molecule has 0 radical (unpaired) electrons. The molecule has 0 heterocycles. The Kier molecular flexibility index (Phi) is 4.71. The Labute approximate surface area is 104 Å². The Hall–Kier alpha value is -0.870. The first-order valence-electron chi connectivity index (χ1n) is 5.79. The van der Waals surface area contributed by atoms with Crippen molar-refractivity contribution in [3.05, 3.63) is 35.4 Å². The van der Waals surface area contributed by atoms with Crippen molar-refractivity contribution >= 4 is 9.84 Å². The van der Waals surface area contributed by atoms with Crippen LogP contribution in [0.3, 0.4) is 0 Å². The minimum absolute atomic E-state index is 0.0420. The highest BCUT2D eigenvalue weighted by molar-refractivity contribution is 7.90. The molecule has 0 bridgehead atoms. The van der Waals surface area contributed by atoms with E-state index >= 15 is 0 Å². The standard InChI is InChI=1S/C13H21NO2S/c1-10-7-5-6-8-13(10)12(3)14-11(2)9-17(4,15)16/h5-8,11-12,14H,9H2,1-4H3. The summed E-state index contributed by atoms with van der Waals surface area (Å²) >= 11 is 0. The van der Waals surface area contributed by atoms with Crippen LogP contribution in [-0.2, 0) is 9.84 Å². The molecule has 0 fully saturated rings. The average molecular weight is 255 g/mol. The van der Waals surface area contributed by atoms with Gasteiger partial charge >= 0.3 is 0 Å². The lowest BCUT2D eigenvalue weighted by molar-refractivity contribution is 0.499. The van der Waals surface area contributed by atoms with Crippen LogP contribution in [0, 0.1) is 6.92 Å². The smallest absolute Gasteiger partial charge is 0.148 e. The fourth-order valence-electron chi connectivity index (χ4n) is 2.09. The molecule has 0 saturated carbocycles. The molecule has 4 heteroatoms. The Morgan fingerprint density at radius 2 is 1.82 bits per heavy atom. The predicted molar refractivity (Wildman–Crippen MR) is 71.9 cm³/mol. The summed E-state index contributed by atoms with van der Waals surface area (Å²) < 4.78 is 22.4. The van der Waals surface area contributed by atoms with Crippen LogP contribution in [-0.4, -0.2) is 26.5 Å². The van der Waals surface area contributed by atoms with E-state index in [9.17, 15) is 8.42 Å². The molecule has 1 aromatic carbocycles. The van der Waals surface area contributed by atoms with E-state index in [-0.39, 0.29) is 17.8 Å². The summed E-state index contributed by atoms with van der Waals surface area (Å²) in [5.74, 6) is 0.170. The zero-order chi connectivity index (χ0) is 13.1. The zero-order valence-corrected chi connectivity index (χ0v) is 11.7. The molecule has 0 amide bonds. The van der Waals surface area contributed by atoms with Gasteiger partial charge in [0.25, 0.3) is 0 Å². The van der Waals surface area contributed by atoms with Crippen molar-refractivity contribution in [3.8, 4) is 0 Å². The number of hydrogen-bond donors (Lipinski definition) is 1. The van der Waals surface area contributed by atoms with Gasteiger partial charge in [-0.1, -0.05) is 24.3 Å². The molecule has 1 aromatic rings. The van der Waals surface area contributed by atoms with Crippen molar-refractivity contribution in [2.24, 2.45) is 0 Å². The predicted octanol–water partition coefficient (Wildman–Crippen LogP) is 2.08.